The van der Waals surface area contributed by atoms with Gasteiger partial charge < -0.3 is 34.8 Å². The van der Waals surface area contributed by atoms with Gasteiger partial charge >= 0.3 is 25.2 Å². The standard InChI is InChI=1S/C10H14N3O.2ClH.Zn/c1-2-13(7-8-14)10-5-3-9(12-11)4-6-10;;;/h3-6,14H,2,7-8H2,1H3;2*1H;/q+1;;;+1/p-2. The molecule has 0 amide bonds. The number of nitrogens with zero attached hydrogens (tertiary/aromatic N) is 3. The summed E-state index contributed by atoms with van der Waals surface area (Å²) in [4.78, 5) is 5.12. The molecular formula is C10H14Cl2N3OZn. The largest absolute Gasteiger partial charge is 1.00 e. The van der Waals surface area contributed by atoms with Crippen LogP contribution in [0.25, 0.3) is 4.98 Å². The van der Waals surface area contributed by atoms with Gasteiger partial charge in [-0.1, -0.05) is 0 Å². The van der Waals surface area contributed by atoms with Gasteiger partial charge in [-0.15, -0.1) is 0 Å². The molecule has 4 nitrogen and oxygen atoms in total. The van der Waals surface area contributed by atoms with E-state index >= 15 is 0 Å². The predicted molar refractivity (Wildman–Crippen MR) is 56.2 cm³/mol. The molecule has 0 unspecified atom stereocenters. The van der Waals surface area contributed by atoms with Crippen LogP contribution in [0.5, 0.6) is 0 Å². The third-order valence-corrected chi connectivity index (χ3v) is 2.08. The summed E-state index contributed by atoms with van der Waals surface area (Å²) in [6, 6.07) is 7.20. The fraction of sp³-hybridized carbons (Fsp3) is 0.400. The van der Waals surface area contributed by atoms with E-state index in [2.05, 4.69) is 4.98 Å². The van der Waals surface area contributed by atoms with Crippen LogP contribution < -0.4 is 29.7 Å². The number of hydrogen-bond donors (Lipinski definition) is 1. The molecule has 0 aromatic heterocycles. The Morgan fingerprint density at radius 1 is 1.24 bits per heavy atom. The van der Waals surface area contributed by atoms with Crippen LogP contribution in [0.15, 0.2) is 24.3 Å². The fourth-order valence-corrected chi connectivity index (χ4v) is 1.32. The van der Waals surface area contributed by atoms with Crippen LogP contribution in [0, 0.1) is 5.39 Å². The second-order valence-corrected chi connectivity index (χ2v) is 2.92. The maximum absolute atomic E-state index is 8.83. The third kappa shape index (κ3) is 6.80. The normalized spacial score (nSPS) is 7.82. The monoisotopic (exact) mass is 326 g/mol. The van der Waals surface area contributed by atoms with E-state index in [1.165, 1.54) is 0 Å². The summed E-state index contributed by atoms with van der Waals surface area (Å²) < 4.78 is 0. The van der Waals surface area contributed by atoms with Crippen LogP contribution in [0.2, 0.25) is 0 Å². The van der Waals surface area contributed by atoms with Crippen molar-refractivity contribution in [1.29, 1.82) is 5.39 Å². The quantitative estimate of drug-likeness (QED) is 0.453. The number of hydrogen-bond acceptors (Lipinski definition) is 3. The zero-order chi connectivity index (χ0) is 10.4. The van der Waals surface area contributed by atoms with Crippen molar-refractivity contribution < 1.29 is 49.4 Å². The molecule has 0 spiro atoms. The van der Waals surface area contributed by atoms with E-state index in [4.69, 9.17) is 10.5 Å². The van der Waals surface area contributed by atoms with E-state index in [-0.39, 0.29) is 50.9 Å². The molecule has 0 aliphatic carbocycles. The van der Waals surface area contributed by atoms with Crippen molar-refractivity contribution in [3.8, 4) is 0 Å². The third-order valence-electron chi connectivity index (χ3n) is 2.08. The first-order valence-corrected chi connectivity index (χ1v) is 4.62. The second-order valence-electron chi connectivity index (χ2n) is 2.92. The Hall–Kier alpha value is -0.397. The predicted octanol–water partition coefficient (Wildman–Crippen LogP) is -4.00. The number of aliphatic hydroxyl groups excluding tert-OH is 1. The van der Waals surface area contributed by atoms with Gasteiger partial charge in [0.2, 0.25) is 5.39 Å². The summed E-state index contributed by atoms with van der Waals surface area (Å²) in [6.07, 6.45) is 0. The molecule has 1 N–H and O–H groups in total. The van der Waals surface area contributed by atoms with Crippen molar-refractivity contribution >= 4 is 11.4 Å². The molecule has 1 rings (SSSR count). The first-order chi connectivity index (χ1) is 6.81. The smallest absolute Gasteiger partial charge is 1.00 e. The number of benzene rings is 1. The van der Waals surface area contributed by atoms with Gasteiger partial charge in [0.15, 0.2) is 4.98 Å². The number of aliphatic hydroxyl groups is 1. The summed E-state index contributed by atoms with van der Waals surface area (Å²) >= 11 is 0. The number of rotatable bonds is 4. The molecule has 0 atom stereocenters. The molecule has 1 aromatic rings. The molecule has 17 heavy (non-hydrogen) atoms. The number of likely N-dealkylation sites (N-methyl/N-ethyl adjacent to an activating group) is 1. The molecule has 0 aliphatic rings. The summed E-state index contributed by atoms with van der Waals surface area (Å²) in [5, 5.41) is 17.3. The Bertz CT molecular complexity index is 329. The Labute approximate surface area is 127 Å². The molecule has 1 radical (unpaired) electrons. The number of diazo groups is 1. The van der Waals surface area contributed by atoms with E-state index < -0.39 is 0 Å². The summed E-state index contributed by atoms with van der Waals surface area (Å²) in [5.41, 5.74) is 1.56. The SMILES string of the molecule is CCN(CCO)c1ccc([N+]#N)cc1.[Cl-].[Cl-].[Zn+]. The van der Waals surface area contributed by atoms with Crippen LogP contribution in [0.4, 0.5) is 11.4 Å². The molecule has 0 fully saturated rings. The van der Waals surface area contributed by atoms with E-state index in [1.807, 2.05) is 24.0 Å². The van der Waals surface area contributed by atoms with Gasteiger partial charge in [0, 0.05) is 30.9 Å². The minimum Gasteiger partial charge on any atom is -1.00 e. The van der Waals surface area contributed by atoms with Crippen LogP contribution in [-0.2, 0) is 19.5 Å². The molecule has 0 saturated carbocycles. The minimum atomic E-state index is 0. The van der Waals surface area contributed by atoms with E-state index in [1.54, 1.807) is 12.1 Å². The Kier molecular flexibility index (Phi) is 15.5. The molecule has 0 bridgehead atoms. The van der Waals surface area contributed by atoms with Crippen LogP contribution >= 0.6 is 0 Å². The average molecular weight is 329 g/mol. The maximum Gasteiger partial charge on any atom is 1.00 e. The second kappa shape index (κ2) is 12.1. The fourth-order valence-electron chi connectivity index (χ4n) is 1.32. The van der Waals surface area contributed by atoms with E-state index in [9.17, 15) is 0 Å². The minimum absolute atomic E-state index is 0. The molecular weight excluding hydrogens is 314 g/mol. The summed E-state index contributed by atoms with van der Waals surface area (Å²) in [5.74, 6) is 0. The molecule has 0 saturated heterocycles. The first-order valence-electron chi connectivity index (χ1n) is 4.62. The molecule has 91 valence electrons. The van der Waals surface area contributed by atoms with Gasteiger partial charge in [-0.3, -0.25) is 0 Å². The van der Waals surface area contributed by atoms with Crippen molar-refractivity contribution in [3.05, 3.63) is 29.2 Å². The van der Waals surface area contributed by atoms with Gasteiger partial charge in [-0.2, -0.15) is 0 Å². The van der Waals surface area contributed by atoms with Crippen LogP contribution in [-0.4, -0.2) is 24.8 Å². The van der Waals surface area contributed by atoms with Gasteiger partial charge in [-0.05, 0) is 19.1 Å². The number of anilines is 1. The first kappa shape index (κ1) is 21.8. The van der Waals surface area contributed by atoms with Crippen molar-refractivity contribution in [2.75, 3.05) is 24.6 Å². The van der Waals surface area contributed by atoms with Gasteiger partial charge in [0.05, 0.1) is 6.61 Å². The van der Waals surface area contributed by atoms with Crippen molar-refractivity contribution in [3.63, 3.8) is 0 Å². The maximum atomic E-state index is 8.83. The summed E-state index contributed by atoms with van der Waals surface area (Å²) in [7, 11) is 0. The molecule has 1 aromatic carbocycles. The Balaban J connectivity index is -0.000000653. The Morgan fingerprint density at radius 3 is 2.12 bits per heavy atom. The zero-order valence-electron chi connectivity index (χ0n) is 9.68. The van der Waals surface area contributed by atoms with Gasteiger partial charge in [0.1, 0.15) is 0 Å². The summed E-state index contributed by atoms with van der Waals surface area (Å²) in [6.45, 7) is 3.63. The molecule has 0 aliphatic heterocycles. The average Bonchev–Trinajstić information content (AvgIpc) is 2.26. The Morgan fingerprint density at radius 2 is 1.76 bits per heavy atom. The van der Waals surface area contributed by atoms with Crippen molar-refractivity contribution in [2.45, 2.75) is 6.92 Å². The van der Waals surface area contributed by atoms with Crippen LogP contribution in [0.1, 0.15) is 6.92 Å². The van der Waals surface area contributed by atoms with Gasteiger partial charge in [-0.25, -0.2) is 0 Å². The van der Waals surface area contributed by atoms with Crippen molar-refractivity contribution in [2.24, 2.45) is 0 Å². The molecule has 0 heterocycles. The zero-order valence-corrected chi connectivity index (χ0v) is 14.2. The van der Waals surface area contributed by atoms with Gasteiger partial charge in [0.25, 0.3) is 0 Å². The number of halogens is 2. The van der Waals surface area contributed by atoms with E-state index in [0.29, 0.717) is 12.2 Å². The van der Waals surface area contributed by atoms with E-state index in [0.717, 1.165) is 12.2 Å². The topological polar surface area (TPSA) is 51.6 Å². The van der Waals surface area contributed by atoms with Crippen molar-refractivity contribution in [1.82, 2.24) is 0 Å². The molecule has 7 heteroatoms. The van der Waals surface area contributed by atoms with Crippen LogP contribution in [0.3, 0.4) is 0 Å².